The summed E-state index contributed by atoms with van der Waals surface area (Å²) >= 11 is 3.25. The summed E-state index contributed by atoms with van der Waals surface area (Å²) in [4.78, 5) is 9.89. The van der Waals surface area contributed by atoms with Crippen molar-refractivity contribution in [1.29, 1.82) is 0 Å². The molecule has 0 spiro atoms. The van der Waals surface area contributed by atoms with Crippen molar-refractivity contribution < 1.29 is 14.5 Å². The van der Waals surface area contributed by atoms with Gasteiger partial charge in [0.25, 0.3) is 0 Å². The summed E-state index contributed by atoms with van der Waals surface area (Å²) in [6, 6.07) is 0. The lowest BCUT2D eigenvalue weighted by Crippen LogP contribution is -2.19. The molecule has 0 saturated heterocycles. The van der Waals surface area contributed by atoms with E-state index in [9.17, 15) is 0 Å². The monoisotopic (exact) mass is 252 g/mol. The molecule has 0 rings (SSSR count). The van der Waals surface area contributed by atoms with Gasteiger partial charge in [0, 0.05) is 6.61 Å². The number of hydrogen-bond donors (Lipinski definition) is 0. The zero-order valence-corrected chi connectivity index (χ0v) is 9.96. The Morgan fingerprint density at radius 1 is 1.46 bits per heavy atom. The summed E-state index contributed by atoms with van der Waals surface area (Å²) in [5.41, 5.74) is 1.20. The number of allylic oxidation sites excluding steroid dienone is 1. The fourth-order valence-corrected chi connectivity index (χ4v) is 0.895. The Morgan fingerprint density at radius 3 is 2.62 bits per heavy atom. The maximum atomic E-state index is 5.18. The van der Waals surface area contributed by atoms with Crippen LogP contribution in [0.25, 0.3) is 0 Å². The molecule has 0 bridgehead atoms. The van der Waals surface area contributed by atoms with Gasteiger partial charge in [-0.15, -0.1) is 0 Å². The van der Waals surface area contributed by atoms with Gasteiger partial charge in [-0.25, -0.2) is 9.78 Å². The molecule has 0 aliphatic rings. The average molecular weight is 253 g/mol. The van der Waals surface area contributed by atoms with Crippen LogP contribution in [0.2, 0.25) is 0 Å². The van der Waals surface area contributed by atoms with E-state index in [2.05, 4.69) is 15.9 Å². The normalized spacial score (nSPS) is 12.6. The van der Waals surface area contributed by atoms with Crippen LogP contribution in [0.4, 0.5) is 0 Å². The molecule has 1 unspecified atom stereocenters. The van der Waals surface area contributed by atoms with Crippen molar-refractivity contribution >= 4 is 15.9 Å². The largest absolute Gasteiger partial charge is 0.349 e. The second kappa shape index (κ2) is 8.69. The Balaban J connectivity index is 3.43. The molecular formula is C9H17BrO3. The molecular weight excluding hydrogens is 236 g/mol. The summed E-state index contributed by atoms with van der Waals surface area (Å²) in [6.07, 6.45) is 1.62. The van der Waals surface area contributed by atoms with Crippen LogP contribution in [-0.2, 0) is 14.5 Å². The minimum atomic E-state index is -0.324. The Kier molecular flexibility index (Phi) is 8.75. The second-order valence-corrected chi connectivity index (χ2v) is 3.35. The maximum absolute atomic E-state index is 5.18. The third kappa shape index (κ3) is 8.43. The van der Waals surface area contributed by atoms with E-state index in [0.29, 0.717) is 18.5 Å². The van der Waals surface area contributed by atoms with Gasteiger partial charge in [-0.05, 0) is 20.8 Å². The van der Waals surface area contributed by atoms with Crippen molar-refractivity contribution in [3.05, 3.63) is 11.6 Å². The van der Waals surface area contributed by atoms with E-state index in [1.807, 2.05) is 26.8 Å². The summed E-state index contributed by atoms with van der Waals surface area (Å²) in [5, 5.41) is 0.607. The van der Waals surface area contributed by atoms with Gasteiger partial charge in [-0.3, -0.25) is 0 Å². The van der Waals surface area contributed by atoms with Crippen LogP contribution in [0.5, 0.6) is 0 Å². The molecule has 0 aliphatic carbocycles. The predicted molar refractivity (Wildman–Crippen MR) is 55.7 cm³/mol. The van der Waals surface area contributed by atoms with Crippen LogP contribution in [-0.4, -0.2) is 24.8 Å². The lowest BCUT2D eigenvalue weighted by Gasteiger charge is -2.12. The molecule has 4 heteroatoms. The number of halogens is 1. The highest BCUT2D eigenvalue weighted by Gasteiger charge is 2.06. The summed E-state index contributed by atoms with van der Waals surface area (Å²) in [5.74, 6) is 0. The lowest BCUT2D eigenvalue weighted by molar-refractivity contribution is -0.365. The summed E-state index contributed by atoms with van der Waals surface area (Å²) in [7, 11) is 0. The van der Waals surface area contributed by atoms with Gasteiger partial charge in [0.2, 0.25) is 6.29 Å². The first kappa shape index (κ1) is 13.1. The third-order valence-electron chi connectivity index (χ3n) is 1.21. The van der Waals surface area contributed by atoms with Crippen molar-refractivity contribution in [3.8, 4) is 0 Å². The van der Waals surface area contributed by atoms with Crippen LogP contribution >= 0.6 is 15.9 Å². The quantitative estimate of drug-likeness (QED) is 0.174. The summed E-state index contributed by atoms with van der Waals surface area (Å²) < 4.78 is 5.18. The van der Waals surface area contributed by atoms with Gasteiger partial charge in [0.05, 0.1) is 5.33 Å². The first-order valence-corrected chi connectivity index (χ1v) is 5.42. The molecule has 0 fully saturated rings. The van der Waals surface area contributed by atoms with Crippen LogP contribution in [0.3, 0.4) is 0 Å². The standard InChI is InChI=1S/C9H17BrO3/c1-4-11-9(7-10)13-12-6-5-8(2)3/h5,9H,4,6-7H2,1-3H3. The highest BCUT2D eigenvalue weighted by Crippen LogP contribution is 2.00. The average Bonchev–Trinajstić information content (AvgIpc) is 2.10. The molecule has 1 atom stereocenters. The lowest BCUT2D eigenvalue weighted by atomic mass is 10.3. The van der Waals surface area contributed by atoms with Crippen molar-refractivity contribution in [2.24, 2.45) is 0 Å². The molecule has 0 aromatic carbocycles. The molecule has 0 saturated carbocycles. The molecule has 78 valence electrons. The number of ether oxygens (including phenoxy) is 1. The van der Waals surface area contributed by atoms with Crippen LogP contribution in [0, 0.1) is 0 Å². The van der Waals surface area contributed by atoms with Gasteiger partial charge in [0.1, 0.15) is 6.61 Å². The van der Waals surface area contributed by atoms with E-state index in [4.69, 9.17) is 14.5 Å². The fraction of sp³-hybridized carbons (Fsp3) is 0.778. The highest BCUT2D eigenvalue weighted by atomic mass is 79.9. The van der Waals surface area contributed by atoms with Crippen LogP contribution in [0.15, 0.2) is 11.6 Å². The smallest absolute Gasteiger partial charge is 0.200 e. The van der Waals surface area contributed by atoms with Crippen molar-refractivity contribution in [2.45, 2.75) is 27.1 Å². The molecule has 0 amide bonds. The molecule has 0 heterocycles. The molecule has 3 nitrogen and oxygen atoms in total. The zero-order valence-electron chi connectivity index (χ0n) is 8.38. The number of rotatable bonds is 7. The molecule has 0 aromatic heterocycles. The Hall–Kier alpha value is 0.100. The second-order valence-electron chi connectivity index (χ2n) is 2.70. The van der Waals surface area contributed by atoms with E-state index in [-0.39, 0.29) is 6.29 Å². The van der Waals surface area contributed by atoms with E-state index in [1.54, 1.807) is 0 Å². The van der Waals surface area contributed by atoms with Crippen LogP contribution in [0.1, 0.15) is 20.8 Å². The molecule has 13 heavy (non-hydrogen) atoms. The minimum Gasteiger partial charge on any atom is -0.349 e. The topological polar surface area (TPSA) is 27.7 Å². The van der Waals surface area contributed by atoms with E-state index in [1.165, 1.54) is 5.57 Å². The van der Waals surface area contributed by atoms with E-state index >= 15 is 0 Å². The SMILES string of the molecule is CCOC(CBr)OOCC=C(C)C. The molecule has 0 aromatic rings. The van der Waals surface area contributed by atoms with Crippen molar-refractivity contribution in [3.63, 3.8) is 0 Å². The highest BCUT2D eigenvalue weighted by molar-refractivity contribution is 9.09. The third-order valence-corrected chi connectivity index (χ3v) is 1.74. The summed E-state index contributed by atoms with van der Waals surface area (Å²) in [6.45, 7) is 7.00. The van der Waals surface area contributed by atoms with Crippen molar-refractivity contribution in [1.82, 2.24) is 0 Å². The van der Waals surface area contributed by atoms with Crippen molar-refractivity contribution in [2.75, 3.05) is 18.5 Å². The Morgan fingerprint density at radius 2 is 2.15 bits per heavy atom. The zero-order chi connectivity index (χ0) is 10.1. The molecule has 0 N–H and O–H groups in total. The first-order valence-electron chi connectivity index (χ1n) is 4.29. The van der Waals surface area contributed by atoms with Gasteiger partial charge >= 0.3 is 0 Å². The van der Waals surface area contributed by atoms with Gasteiger partial charge in [-0.2, -0.15) is 0 Å². The van der Waals surface area contributed by atoms with Gasteiger partial charge < -0.3 is 4.74 Å². The predicted octanol–water partition coefficient (Wildman–Crippen LogP) is 2.66. The van der Waals surface area contributed by atoms with Gasteiger partial charge in [-0.1, -0.05) is 27.6 Å². The number of hydrogen-bond acceptors (Lipinski definition) is 3. The van der Waals surface area contributed by atoms with Crippen LogP contribution < -0.4 is 0 Å². The minimum absolute atomic E-state index is 0.324. The van der Waals surface area contributed by atoms with E-state index < -0.39 is 0 Å². The Bertz CT molecular complexity index is 144. The van der Waals surface area contributed by atoms with Gasteiger partial charge in [0.15, 0.2) is 0 Å². The Labute approximate surface area is 88.1 Å². The number of alkyl halides is 1. The molecule has 0 radical (unpaired) electrons. The molecule has 0 aliphatic heterocycles. The first-order chi connectivity index (χ1) is 6.20. The fourth-order valence-electron chi connectivity index (χ4n) is 0.600. The van der Waals surface area contributed by atoms with E-state index in [0.717, 1.165) is 0 Å². The maximum Gasteiger partial charge on any atom is 0.200 e.